The lowest BCUT2D eigenvalue weighted by molar-refractivity contribution is 0.372. The summed E-state index contributed by atoms with van der Waals surface area (Å²) < 4.78 is 5.13. The normalized spacial score (nSPS) is 10.3. The number of thioether (sulfide) groups is 1. The van der Waals surface area contributed by atoms with E-state index in [0.717, 1.165) is 6.42 Å². The molecule has 1 aromatic carbocycles. The lowest BCUT2D eigenvalue weighted by Crippen LogP contribution is -1.87. The smallest absolute Gasteiger partial charge is 0.226 e. The third-order valence-electron chi connectivity index (χ3n) is 2.58. The second kappa shape index (κ2) is 6.95. The van der Waals surface area contributed by atoms with Gasteiger partial charge in [-0.25, -0.2) is 0 Å². The molecule has 0 fully saturated rings. The van der Waals surface area contributed by atoms with Crippen LogP contribution < -0.4 is 0 Å². The van der Waals surface area contributed by atoms with Crippen LogP contribution in [-0.4, -0.2) is 10.1 Å². The number of aryl methyl sites for hydroxylation is 2. The molecule has 0 spiro atoms. The Hall–Kier alpha value is -1.80. The number of nitriles is 1. The number of hydrogen-bond donors (Lipinski definition) is 0. The zero-order chi connectivity index (χ0) is 13.5. The van der Waals surface area contributed by atoms with Gasteiger partial charge in [0, 0.05) is 17.7 Å². The molecule has 0 aliphatic heterocycles. The highest BCUT2D eigenvalue weighted by Crippen LogP contribution is 2.21. The molecular formula is C14H15N3OS. The van der Waals surface area contributed by atoms with Crippen molar-refractivity contribution in [2.75, 3.05) is 0 Å². The first-order valence-corrected chi connectivity index (χ1v) is 7.14. The fourth-order valence-electron chi connectivity index (χ4n) is 1.55. The molecule has 1 heterocycles. The maximum Gasteiger partial charge on any atom is 0.226 e. The molecule has 0 aliphatic carbocycles. The SMILES string of the molecule is Cc1ccc(SCc2noc(CCCC#N)n2)cc1. The molecule has 2 aromatic rings. The van der Waals surface area contributed by atoms with Crippen molar-refractivity contribution in [1.82, 2.24) is 10.1 Å². The molecule has 19 heavy (non-hydrogen) atoms. The summed E-state index contributed by atoms with van der Waals surface area (Å²) in [4.78, 5) is 5.50. The number of unbranched alkanes of at least 4 members (excludes halogenated alkanes) is 1. The van der Waals surface area contributed by atoms with Crippen LogP contribution >= 0.6 is 11.8 Å². The molecule has 0 radical (unpaired) electrons. The molecule has 0 saturated carbocycles. The van der Waals surface area contributed by atoms with Crippen LogP contribution in [0.4, 0.5) is 0 Å². The highest BCUT2D eigenvalue weighted by atomic mass is 32.2. The molecule has 1 aromatic heterocycles. The van der Waals surface area contributed by atoms with E-state index in [9.17, 15) is 0 Å². The monoisotopic (exact) mass is 273 g/mol. The molecular weight excluding hydrogens is 258 g/mol. The van der Waals surface area contributed by atoms with Crippen molar-refractivity contribution in [1.29, 1.82) is 5.26 Å². The summed E-state index contributed by atoms with van der Waals surface area (Å²) in [6.07, 6.45) is 1.97. The summed E-state index contributed by atoms with van der Waals surface area (Å²) in [5.41, 5.74) is 1.25. The van der Waals surface area contributed by atoms with Crippen molar-refractivity contribution in [2.24, 2.45) is 0 Å². The van der Waals surface area contributed by atoms with Crippen LogP contribution in [-0.2, 0) is 12.2 Å². The molecule has 4 nitrogen and oxygen atoms in total. The van der Waals surface area contributed by atoms with Crippen molar-refractivity contribution in [3.63, 3.8) is 0 Å². The number of rotatable bonds is 6. The summed E-state index contributed by atoms with van der Waals surface area (Å²) in [6, 6.07) is 10.5. The average molecular weight is 273 g/mol. The molecule has 0 bridgehead atoms. The lowest BCUT2D eigenvalue weighted by Gasteiger charge is -1.98. The standard InChI is InChI=1S/C14H15N3OS/c1-11-5-7-12(8-6-11)19-10-13-16-14(18-17-13)4-2-3-9-15/h5-8H,2-4,10H2,1H3. The quantitative estimate of drug-likeness (QED) is 0.595. The van der Waals surface area contributed by atoms with Crippen LogP contribution in [0.5, 0.6) is 0 Å². The third kappa shape index (κ3) is 4.42. The summed E-state index contributed by atoms with van der Waals surface area (Å²) in [5, 5.41) is 12.4. The third-order valence-corrected chi connectivity index (χ3v) is 3.59. The van der Waals surface area contributed by atoms with Gasteiger partial charge in [-0.2, -0.15) is 10.2 Å². The number of benzene rings is 1. The first-order chi connectivity index (χ1) is 9.28. The van der Waals surface area contributed by atoms with E-state index in [1.807, 2.05) is 0 Å². The van der Waals surface area contributed by atoms with Gasteiger partial charge < -0.3 is 4.52 Å². The van der Waals surface area contributed by atoms with Crippen molar-refractivity contribution in [3.05, 3.63) is 41.5 Å². The van der Waals surface area contributed by atoms with Gasteiger partial charge in [-0.1, -0.05) is 22.9 Å². The maximum absolute atomic E-state index is 8.46. The fraction of sp³-hybridized carbons (Fsp3) is 0.357. The average Bonchev–Trinajstić information content (AvgIpc) is 2.86. The van der Waals surface area contributed by atoms with Gasteiger partial charge in [-0.05, 0) is 25.5 Å². The van der Waals surface area contributed by atoms with Crippen LogP contribution in [0.2, 0.25) is 0 Å². The van der Waals surface area contributed by atoms with Gasteiger partial charge in [0.1, 0.15) is 0 Å². The van der Waals surface area contributed by atoms with E-state index >= 15 is 0 Å². The summed E-state index contributed by atoms with van der Waals surface area (Å²) in [6.45, 7) is 2.07. The van der Waals surface area contributed by atoms with Crippen molar-refractivity contribution >= 4 is 11.8 Å². The lowest BCUT2D eigenvalue weighted by atomic mass is 10.2. The topological polar surface area (TPSA) is 62.7 Å². The molecule has 98 valence electrons. The van der Waals surface area contributed by atoms with Gasteiger partial charge in [0.2, 0.25) is 5.89 Å². The Morgan fingerprint density at radius 2 is 2.11 bits per heavy atom. The minimum Gasteiger partial charge on any atom is -0.339 e. The number of hydrogen-bond acceptors (Lipinski definition) is 5. The Labute approximate surface area is 116 Å². The zero-order valence-corrected chi connectivity index (χ0v) is 11.6. The molecule has 0 saturated heterocycles. The van der Waals surface area contributed by atoms with E-state index in [0.29, 0.717) is 30.3 Å². The fourth-order valence-corrected chi connectivity index (χ4v) is 2.29. The first kappa shape index (κ1) is 13.6. The van der Waals surface area contributed by atoms with E-state index in [2.05, 4.69) is 47.4 Å². The Balaban J connectivity index is 1.83. The Bertz CT molecular complexity index is 557. The van der Waals surface area contributed by atoms with Gasteiger partial charge in [0.05, 0.1) is 11.8 Å². The van der Waals surface area contributed by atoms with Crippen LogP contribution in [0.15, 0.2) is 33.7 Å². The van der Waals surface area contributed by atoms with Crippen LogP contribution in [0.25, 0.3) is 0 Å². The van der Waals surface area contributed by atoms with E-state index in [-0.39, 0.29) is 0 Å². The van der Waals surface area contributed by atoms with E-state index < -0.39 is 0 Å². The van der Waals surface area contributed by atoms with Crippen LogP contribution in [0.1, 0.15) is 30.1 Å². The first-order valence-electron chi connectivity index (χ1n) is 6.16. The van der Waals surface area contributed by atoms with E-state index in [1.54, 1.807) is 11.8 Å². The van der Waals surface area contributed by atoms with Gasteiger partial charge in [0.15, 0.2) is 5.82 Å². The predicted molar refractivity (Wildman–Crippen MR) is 73.6 cm³/mol. The predicted octanol–water partition coefficient (Wildman–Crippen LogP) is 3.52. The molecule has 0 atom stereocenters. The minimum atomic E-state index is 0.524. The number of aromatic nitrogens is 2. The van der Waals surface area contributed by atoms with E-state index in [4.69, 9.17) is 9.78 Å². The summed E-state index contributed by atoms with van der Waals surface area (Å²) in [7, 11) is 0. The molecule has 0 amide bonds. The van der Waals surface area contributed by atoms with Crippen molar-refractivity contribution in [2.45, 2.75) is 36.8 Å². The zero-order valence-electron chi connectivity index (χ0n) is 10.8. The van der Waals surface area contributed by atoms with E-state index in [1.165, 1.54) is 10.5 Å². The second-order valence-corrected chi connectivity index (χ2v) is 5.27. The summed E-state index contributed by atoms with van der Waals surface area (Å²) in [5.74, 6) is 2.03. The Morgan fingerprint density at radius 1 is 1.32 bits per heavy atom. The van der Waals surface area contributed by atoms with Crippen molar-refractivity contribution < 1.29 is 4.52 Å². The van der Waals surface area contributed by atoms with Gasteiger partial charge >= 0.3 is 0 Å². The van der Waals surface area contributed by atoms with Gasteiger partial charge in [0.25, 0.3) is 0 Å². The minimum absolute atomic E-state index is 0.524. The molecule has 0 aliphatic rings. The van der Waals surface area contributed by atoms with Crippen molar-refractivity contribution in [3.8, 4) is 6.07 Å². The molecule has 0 unspecified atom stereocenters. The molecule has 5 heteroatoms. The Kier molecular flexibility index (Phi) is 4.99. The molecule has 2 rings (SSSR count). The van der Waals surface area contributed by atoms with Crippen LogP contribution in [0.3, 0.4) is 0 Å². The Morgan fingerprint density at radius 3 is 2.84 bits per heavy atom. The second-order valence-electron chi connectivity index (χ2n) is 4.22. The van der Waals surface area contributed by atoms with Crippen LogP contribution in [0, 0.1) is 18.3 Å². The highest BCUT2D eigenvalue weighted by molar-refractivity contribution is 7.98. The summed E-state index contributed by atoms with van der Waals surface area (Å²) >= 11 is 1.69. The maximum atomic E-state index is 8.46. The van der Waals surface area contributed by atoms with Gasteiger partial charge in [-0.15, -0.1) is 11.8 Å². The number of nitrogens with zero attached hydrogens (tertiary/aromatic N) is 3. The molecule has 0 N–H and O–H groups in total. The largest absolute Gasteiger partial charge is 0.339 e. The highest BCUT2D eigenvalue weighted by Gasteiger charge is 2.06. The van der Waals surface area contributed by atoms with Gasteiger partial charge in [-0.3, -0.25) is 0 Å².